The van der Waals surface area contributed by atoms with E-state index in [9.17, 15) is 0 Å². The second kappa shape index (κ2) is 5.73. The number of hydrogen-bond donors (Lipinski definition) is 0. The minimum atomic E-state index is 0.0646. The molecular formula is C15H20N4O. The zero-order chi connectivity index (χ0) is 13.9. The summed E-state index contributed by atoms with van der Waals surface area (Å²) in [5.74, 6) is 1.05. The van der Waals surface area contributed by atoms with Gasteiger partial charge in [-0.15, -0.1) is 0 Å². The summed E-state index contributed by atoms with van der Waals surface area (Å²) in [6, 6.07) is 5.96. The normalized spacial score (nSPS) is 20.2. The van der Waals surface area contributed by atoms with Gasteiger partial charge in [-0.2, -0.15) is 0 Å². The van der Waals surface area contributed by atoms with E-state index in [-0.39, 0.29) is 6.10 Å². The van der Waals surface area contributed by atoms with Crippen molar-refractivity contribution in [2.75, 3.05) is 19.7 Å². The summed E-state index contributed by atoms with van der Waals surface area (Å²) in [5.41, 5.74) is 2.13. The Labute approximate surface area is 119 Å². The highest BCUT2D eigenvalue weighted by Gasteiger charge is 2.23. The lowest BCUT2D eigenvalue weighted by molar-refractivity contribution is -0.0353. The molecule has 106 valence electrons. The predicted octanol–water partition coefficient (Wildman–Crippen LogP) is 1.70. The van der Waals surface area contributed by atoms with E-state index in [2.05, 4.69) is 25.6 Å². The maximum Gasteiger partial charge on any atom is 0.112 e. The summed E-state index contributed by atoms with van der Waals surface area (Å²) in [7, 11) is 2.03. The first-order valence-corrected chi connectivity index (χ1v) is 6.96. The van der Waals surface area contributed by atoms with Crippen molar-refractivity contribution in [1.29, 1.82) is 0 Å². The van der Waals surface area contributed by atoms with Crippen LogP contribution in [0.3, 0.4) is 0 Å². The van der Waals surface area contributed by atoms with E-state index in [1.165, 1.54) is 0 Å². The zero-order valence-electron chi connectivity index (χ0n) is 12.0. The standard InChI is InChI=1S/C15H20N4O/c1-12-17-13(9-18(12)2)10-19-7-8-20-15(11-19)14-5-3-4-6-16-14/h3-6,9,15H,7-8,10-11H2,1-2H3. The van der Waals surface area contributed by atoms with E-state index in [0.29, 0.717) is 0 Å². The molecule has 0 spiro atoms. The third-order valence-corrected chi connectivity index (χ3v) is 3.71. The molecule has 2 aromatic rings. The van der Waals surface area contributed by atoms with Crippen molar-refractivity contribution in [2.24, 2.45) is 7.05 Å². The number of imidazole rings is 1. The molecule has 0 aromatic carbocycles. The first-order chi connectivity index (χ1) is 9.72. The number of aryl methyl sites for hydroxylation is 2. The molecule has 1 fully saturated rings. The molecule has 2 aromatic heterocycles. The Morgan fingerprint density at radius 2 is 2.30 bits per heavy atom. The highest BCUT2D eigenvalue weighted by molar-refractivity contribution is 5.09. The van der Waals surface area contributed by atoms with Crippen LogP contribution in [-0.4, -0.2) is 39.1 Å². The maximum absolute atomic E-state index is 5.83. The molecule has 3 rings (SSSR count). The van der Waals surface area contributed by atoms with Gasteiger partial charge < -0.3 is 9.30 Å². The zero-order valence-corrected chi connectivity index (χ0v) is 12.0. The molecule has 0 saturated carbocycles. The van der Waals surface area contributed by atoms with Crippen LogP contribution >= 0.6 is 0 Å². The van der Waals surface area contributed by atoms with Gasteiger partial charge in [0, 0.05) is 39.1 Å². The fraction of sp³-hybridized carbons (Fsp3) is 0.467. The third-order valence-electron chi connectivity index (χ3n) is 3.71. The minimum absolute atomic E-state index is 0.0646. The number of ether oxygens (including phenoxy) is 1. The number of nitrogens with zero attached hydrogens (tertiary/aromatic N) is 4. The first-order valence-electron chi connectivity index (χ1n) is 6.96. The number of aromatic nitrogens is 3. The Balaban J connectivity index is 1.66. The van der Waals surface area contributed by atoms with Gasteiger partial charge in [-0.05, 0) is 19.1 Å². The smallest absolute Gasteiger partial charge is 0.112 e. The Morgan fingerprint density at radius 1 is 1.40 bits per heavy atom. The van der Waals surface area contributed by atoms with E-state index in [1.54, 1.807) is 0 Å². The monoisotopic (exact) mass is 272 g/mol. The van der Waals surface area contributed by atoms with Crippen LogP contribution in [0.15, 0.2) is 30.6 Å². The molecule has 1 unspecified atom stereocenters. The lowest BCUT2D eigenvalue weighted by Crippen LogP contribution is -2.38. The molecule has 1 atom stereocenters. The molecule has 3 heterocycles. The van der Waals surface area contributed by atoms with Crippen molar-refractivity contribution < 1.29 is 4.74 Å². The average Bonchev–Trinajstić information content (AvgIpc) is 2.78. The van der Waals surface area contributed by atoms with Crippen molar-refractivity contribution in [3.63, 3.8) is 0 Å². The van der Waals surface area contributed by atoms with Crippen LogP contribution in [0.1, 0.15) is 23.3 Å². The van der Waals surface area contributed by atoms with Crippen LogP contribution in [0.5, 0.6) is 0 Å². The van der Waals surface area contributed by atoms with E-state index in [0.717, 1.165) is 43.5 Å². The highest BCUT2D eigenvalue weighted by atomic mass is 16.5. The van der Waals surface area contributed by atoms with E-state index < -0.39 is 0 Å². The molecular weight excluding hydrogens is 252 g/mol. The third kappa shape index (κ3) is 2.89. The fourth-order valence-corrected chi connectivity index (χ4v) is 2.53. The van der Waals surface area contributed by atoms with Gasteiger partial charge in [-0.1, -0.05) is 6.07 Å². The summed E-state index contributed by atoms with van der Waals surface area (Å²) in [6.45, 7) is 5.45. The topological polar surface area (TPSA) is 43.2 Å². The van der Waals surface area contributed by atoms with Crippen LogP contribution in [0, 0.1) is 6.92 Å². The van der Waals surface area contributed by atoms with Gasteiger partial charge in [0.2, 0.25) is 0 Å². The maximum atomic E-state index is 5.83. The summed E-state index contributed by atoms with van der Waals surface area (Å²) in [4.78, 5) is 11.3. The van der Waals surface area contributed by atoms with E-state index in [1.807, 2.05) is 38.4 Å². The average molecular weight is 272 g/mol. The van der Waals surface area contributed by atoms with Crippen molar-refractivity contribution in [3.8, 4) is 0 Å². The van der Waals surface area contributed by atoms with Gasteiger partial charge in [0.15, 0.2) is 0 Å². The second-order valence-electron chi connectivity index (χ2n) is 5.24. The molecule has 5 nitrogen and oxygen atoms in total. The number of hydrogen-bond acceptors (Lipinski definition) is 4. The quantitative estimate of drug-likeness (QED) is 0.853. The van der Waals surface area contributed by atoms with E-state index >= 15 is 0 Å². The Kier molecular flexibility index (Phi) is 3.80. The molecule has 0 N–H and O–H groups in total. The van der Waals surface area contributed by atoms with Gasteiger partial charge >= 0.3 is 0 Å². The SMILES string of the molecule is Cc1nc(CN2CCOC(c3ccccn3)C2)cn1C. The Hall–Kier alpha value is -1.72. The van der Waals surface area contributed by atoms with Gasteiger partial charge in [0.25, 0.3) is 0 Å². The van der Waals surface area contributed by atoms with Crippen LogP contribution < -0.4 is 0 Å². The number of morpholine rings is 1. The predicted molar refractivity (Wildman–Crippen MR) is 76.2 cm³/mol. The Morgan fingerprint density at radius 3 is 3.00 bits per heavy atom. The first kappa shape index (κ1) is 13.3. The second-order valence-corrected chi connectivity index (χ2v) is 5.24. The van der Waals surface area contributed by atoms with Crippen molar-refractivity contribution in [3.05, 3.63) is 47.8 Å². The lowest BCUT2D eigenvalue weighted by Gasteiger charge is -2.32. The van der Waals surface area contributed by atoms with Crippen molar-refractivity contribution in [1.82, 2.24) is 19.4 Å². The van der Waals surface area contributed by atoms with Crippen LogP contribution in [0.2, 0.25) is 0 Å². The van der Waals surface area contributed by atoms with Crippen LogP contribution in [0.25, 0.3) is 0 Å². The van der Waals surface area contributed by atoms with E-state index in [4.69, 9.17) is 4.74 Å². The molecule has 5 heteroatoms. The van der Waals surface area contributed by atoms with Crippen LogP contribution in [0.4, 0.5) is 0 Å². The number of pyridine rings is 1. The molecule has 0 radical (unpaired) electrons. The van der Waals surface area contributed by atoms with Crippen molar-refractivity contribution in [2.45, 2.75) is 19.6 Å². The fourth-order valence-electron chi connectivity index (χ4n) is 2.53. The molecule has 1 saturated heterocycles. The minimum Gasteiger partial charge on any atom is -0.369 e. The highest BCUT2D eigenvalue weighted by Crippen LogP contribution is 2.21. The molecule has 0 bridgehead atoms. The summed E-state index contributed by atoms with van der Waals surface area (Å²) >= 11 is 0. The van der Waals surface area contributed by atoms with Gasteiger partial charge in [-0.25, -0.2) is 4.98 Å². The van der Waals surface area contributed by atoms with Crippen molar-refractivity contribution >= 4 is 0 Å². The molecule has 1 aliphatic rings. The molecule has 0 amide bonds. The lowest BCUT2D eigenvalue weighted by atomic mass is 10.2. The van der Waals surface area contributed by atoms with Gasteiger partial charge in [0.05, 0.1) is 18.0 Å². The molecule has 20 heavy (non-hydrogen) atoms. The van der Waals surface area contributed by atoms with Gasteiger partial charge in [0.1, 0.15) is 11.9 Å². The summed E-state index contributed by atoms with van der Waals surface area (Å²) in [5, 5.41) is 0. The summed E-state index contributed by atoms with van der Waals surface area (Å²) in [6.07, 6.45) is 3.98. The summed E-state index contributed by atoms with van der Waals surface area (Å²) < 4.78 is 7.89. The van der Waals surface area contributed by atoms with Gasteiger partial charge in [-0.3, -0.25) is 9.88 Å². The molecule has 1 aliphatic heterocycles. The molecule has 0 aliphatic carbocycles. The van der Waals surface area contributed by atoms with Crippen LogP contribution in [-0.2, 0) is 18.3 Å². The number of rotatable bonds is 3. The largest absolute Gasteiger partial charge is 0.369 e. The Bertz CT molecular complexity index is 547.